The van der Waals surface area contributed by atoms with Crippen molar-refractivity contribution in [1.29, 1.82) is 0 Å². The van der Waals surface area contributed by atoms with E-state index >= 15 is 0 Å². The van der Waals surface area contributed by atoms with Gasteiger partial charge in [0.1, 0.15) is 0 Å². The molecule has 0 radical (unpaired) electrons. The van der Waals surface area contributed by atoms with Gasteiger partial charge in [-0.25, -0.2) is 4.68 Å². The largest absolute Gasteiger partial charge is 0.345 e. The standard InChI is InChI=1S/C27H28N6O/c1-6-33-27(30-24-13-21-18(5)29-26(34)22(21)12-17(24)4)31-25(32-33)19-8-9-20(16(3)11-19)23-10-7-15(2)14-28-23/h7-14,18H,6H2,1-5H3,(H,29,34)(H,30,31,32). The molecule has 4 aromatic rings. The van der Waals surface area contributed by atoms with Gasteiger partial charge in [0.2, 0.25) is 5.95 Å². The van der Waals surface area contributed by atoms with Crippen molar-refractivity contribution >= 4 is 17.5 Å². The van der Waals surface area contributed by atoms with Gasteiger partial charge in [-0.2, -0.15) is 4.98 Å². The first kappa shape index (κ1) is 21.8. The molecular formula is C27H28N6O. The fourth-order valence-corrected chi connectivity index (χ4v) is 4.38. The van der Waals surface area contributed by atoms with Gasteiger partial charge in [-0.1, -0.05) is 18.2 Å². The predicted molar refractivity (Wildman–Crippen MR) is 134 cm³/mol. The Morgan fingerprint density at radius 3 is 2.56 bits per heavy atom. The maximum absolute atomic E-state index is 12.2. The summed E-state index contributed by atoms with van der Waals surface area (Å²) in [5.41, 5.74) is 8.93. The van der Waals surface area contributed by atoms with Crippen molar-refractivity contribution in [3.8, 4) is 22.6 Å². The van der Waals surface area contributed by atoms with Gasteiger partial charge in [-0.15, -0.1) is 5.10 Å². The molecule has 34 heavy (non-hydrogen) atoms. The summed E-state index contributed by atoms with van der Waals surface area (Å²) < 4.78 is 1.86. The van der Waals surface area contributed by atoms with Crippen molar-refractivity contribution in [1.82, 2.24) is 25.1 Å². The number of fused-ring (bicyclic) bond motifs is 1. The van der Waals surface area contributed by atoms with Gasteiger partial charge >= 0.3 is 0 Å². The summed E-state index contributed by atoms with van der Waals surface area (Å²) in [5, 5.41) is 11.2. The molecule has 3 heterocycles. The Morgan fingerprint density at radius 1 is 1.03 bits per heavy atom. The normalized spacial score (nSPS) is 14.7. The number of anilines is 2. The molecule has 0 bridgehead atoms. The zero-order chi connectivity index (χ0) is 24.0. The van der Waals surface area contributed by atoms with Crippen molar-refractivity contribution < 1.29 is 4.79 Å². The maximum atomic E-state index is 12.2. The van der Waals surface area contributed by atoms with Crippen LogP contribution in [-0.4, -0.2) is 25.7 Å². The van der Waals surface area contributed by atoms with Crippen LogP contribution >= 0.6 is 0 Å². The second-order valence-electron chi connectivity index (χ2n) is 8.90. The van der Waals surface area contributed by atoms with Gasteiger partial charge in [0.25, 0.3) is 5.91 Å². The summed E-state index contributed by atoms with van der Waals surface area (Å²) in [6.45, 7) is 10.8. The minimum absolute atomic E-state index is 0.00670. The van der Waals surface area contributed by atoms with Gasteiger partial charge in [0.15, 0.2) is 5.82 Å². The fourth-order valence-electron chi connectivity index (χ4n) is 4.38. The van der Waals surface area contributed by atoms with E-state index in [4.69, 9.17) is 10.1 Å². The number of aromatic nitrogens is 4. The third kappa shape index (κ3) is 3.83. The molecule has 7 nitrogen and oxygen atoms in total. The Balaban J connectivity index is 1.46. The molecule has 0 saturated heterocycles. The van der Waals surface area contributed by atoms with E-state index in [0.717, 1.165) is 50.3 Å². The minimum atomic E-state index is -0.0178. The molecule has 1 aliphatic heterocycles. The van der Waals surface area contributed by atoms with Crippen LogP contribution in [0.2, 0.25) is 0 Å². The van der Waals surface area contributed by atoms with Crippen molar-refractivity contribution in [2.24, 2.45) is 0 Å². The number of pyridine rings is 1. The van der Waals surface area contributed by atoms with Crippen molar-refractivity contribution in [2.45, 2.75) is 47.2 Å². The molecule has 0 aliphatic carbocycles. The van der Waals surface area contributed by atoms with Gasteiger partial charge < -0.3 is 10.6 Å². The number of nitrogens with one attached hydrogen (secondary N) is 2. The Labute approximate surface area is 199 Å². The first-order valence-corrected chi connectivity index (χ1v) is 11.6. The lowest BCUT2D eigenvalue weighted by atomic mass is 10.0. The van der Waals surface area contributed by atoms with E-state index < -0.39 is 0 Å². The van der Waals surface area contributed by atoms with E-state index in [-0.39, 0.29) is 11.9 Å². The summed E-state index contributed by atoms with van der Waals surface area (Å²) in [7, 11) is 0. The van der Waals surface area contributed by atoms with Crippen LogP contribution in [0.1, 0.15) is 52.5 Å². The van der Waals surface area contributed by atoms with Gasteiger partial charge in [-0.05, 0) is 81.1 Å². The molecule has 1 aliphatic rings. The van der Waals surface area contributed by atoms with Crippen molar-refractivity contribution in [3.63, 3.8) is 0 Å². The second-order valence-corrected chi connectivity index (χ2v) is 8.90. The zero-order valence-electron chi connectivity index (χ0n) is 20.1. The lowest BCUT2D eigenvalue weighted by Crippen LogP contribution is -2.16. The number of carbonyl (C=O) groups is 1. The van der Waals surface area contributed by atoms with E-state index in [1.807, 2.05) is 62.8 Å². The molecule has 1 unspecified atom stereocenters. The molecule has 0 fully saturated rings. The number of hydrogen-bond donors (Lipinski definition) is 2. The van der Waals surface area contributed by atoms with Crippen LogP contribution in [0, 0.1) is 20.8 Å². The highest BCUT2D eigenvalue weighted by Crippen LogP contribution is 2.32. The molecule has 7 heteroatoms. The minimum Gasteiger partial charge on any atom is -0.345 e. The van der Waals surface area contributed by atoms with Crippen LogP contribution in [-0.2, 0) is 6.54 Å². The van der Waals surface area contributed by atoms with Gasteiger partial charge in [0.05, 0.1) is 11.7 Å². The Bertz CT molecular complexity index is 1400. The summed E-state index contributed by atoms with van der Waals surface area (Å²) in [6, 6.07) is 14.3. The van der Waals surface area contributed by atoms with Crippen LogP contribution in [0.15, 0.2) is 48.7 Å². The quantitative estimate of drug-likeness (QED) is 0.418. The van der Waals surface area contributed by atoms with E-state index in [0.29, 0.717) is 18.3 Å². The molecule has 1 amide bonds. The molecule has 1 atom stereocenters. The summed E-state index contributed by atoms with van der Waals surface area (Å²) in [4.78, 5) is 21.5. The number of aryl methyl sites for hydroxylation is 4. The Kier molecular flexibility index (Phi) is 5.40. The lowest BCUT2D eigenvalue weighted by Gasteiger charge is -2.12. The molecular weight excluding hydrogens is 424 g/mol. The van der Waals surface area contributed by atoms with E-state index in [9.17, 15) is 4.79 Å². The number of rotatable bonds is 5. The fraction of sp³-hybridized carbons (Fsp3) is 0.259. The summed E-state index contributed by atoms with van der Waals surface area (Å²) in [5.74, 6) is 1.32. The smallest absolute Gasteiger partial charge is 0.252 e. The van der Waals surface area contributed by atoms with Crippen molar-refractivity contribution in [2.75, 3.05) is 5.32 Å². The van der Waals surface area contributed by atoms with E-state index in [2.05, 4.69) is 40.7 Å². The third-order valence-corrected chi connectivity index (χ3v) is 6.34. The van der Waals surface area contributed by atoms with Gasteiger partial charge in [0, 0.05) is 35.1 Å². The SMILES string of the molecule is CCn1nc(-c2ccc(-c3ccc(C)cn3)c(C)c2)nc1Nc1cc2c(cc1C)C(=O)NC2C. The second kappa shape index (κ2) is 8.41. The molecule has 2 aromatic carbocycles. The van der Waals surface area contributed by atoms with Gasteiger partial charge in [-0.3, -0.25) is 9.78 Å². The topological polar surface area (TPSA) is 84.7 Å². The molecule has 5 rings (SSSR count). The van der Waals surface area contributed by atoms with Crippen LogP contribution in [0.5, 0.6) is 0 Å². The van der Waals surface area contributed by atoms with Crippen LogP contribution in [0.25, 0.3) is 22.6 Å². The molecule has 172 valence electrons. The first-order chi connectivity index (χ1) is 16.3. The number of amides is 1. The first-order valence-electron chi connectivity index (χ1n) is 11.6. The van der Waals surface area contributed by atoms with Crippen molar-refractivity contribution in [3.05, 3.63) is 76.5 Å². The highest BCUT2D eigenvalue weighted by molar-refractivity contribution is 6.00. The van der Waals surface area contributed by atoms with E-state index in [1.54, 1.807) is 0 Å². The van der Waals surface area contributed by atoms with Crippen LogP contribution in [0.4, 0.5) is 11.6 Å². The molecule has 2 N–H and O–H groups in total. The third-order valence-electron chi connectivity index (χ3n) is 6.34. The Hall–Kier alpha value is -4.00. The summed E-state index contributed by atoms with van der Waals surface area (Å²) >= 11 is 0. The predicted octanol–water partition coefficient (Wildman–Crippen LogP) is 5.50. The Morgan fingerprint density at radius 2 is 1.85 bits per heavy atom. The highest BCUT2D eigenvalue weighted by Gasteiger charge is 2.26. The number of carbonyl (C=O) groups excluding carboxylic acids is 1. The molecule has 2 aromatic heterocycles. The maximum Gasteiger partial charge on any atom is 0.252 e. The average Bonchev–Trinajstić information content (AvgIpc) is 3.35. The number of hydrogen-bond acceptors (Lipinski definition) is 5. The van der Waals surface area contributed by atoms with E-state index in [1.165, 1.54) is 0 Å². The van der Waals surface area contributed by atoms with Crippen LogP contribution in [0.3, 0.4) is 0 Å². The molecule has 0 spiro atoms. The number of benzene rings is 2. The van der Waals surface area contributed by atoms with Crippen LogP contribution < -0.4 is 10.6 Å². The monoisotopic (exact) mass is 452 g/mol. The average molecular weight is 453 g/mol. The summed E-state index contributed by atoms with van der Waals surface area (Å²) in [6.07, 6.45) is 1.89. The zero-order valence-corrected chi connectivity index (χ0v) is 20.1. The molecule has 0 saturated carbocycles. The lowest BCUT2D eigenvalue weighted by molar-refractivity contribution is 0.0958. The number of nitrogens with zero attached hydrogens (tertiary/aromatic N) is 4. The highest BCUT2D eigenvalue weighted by atomic mass is 16.2.